The highest BCUT2D eigenvalue weighted by Gasteiger charge is 2.45. The van der Waals surface area contributed by atoms with Gasteiger partial charge in [0, 0.05) is 6.42 Å². The molecule has 39 heavy (non-hydrogen) atoms. The Morgan fingerprint density at radius 1 is 1.05 bits per heavy atom. The van der Waals surface area contributed by atoms with E-state index in [9.17, 15) is 24.3 Å². The van der Waals surface area contributed by atoms with Gasteiger partial charge in [-0.1, -0.05) is 80.2 Å². The van der Waals surface area contributed by atoms with Gasteiger partial charge in [-0.25, -0.2) is 4.79 Å². The highest BCUT2D eigenvalue weighted by Crippen LogP contribution is 2.39. The summed E-state index contributed by atoms with van der Waals surface area (Å²) in [5.74, 6) is -1.80. The number of carboxylic acid groups (broad SMARTS) is 1. The second kappa shape index (κ2) is 13.3. The summed E-state index contributed by atoms with van der Waals surface area (Å²) in [5, 5.41) is 12.1. The molecule has 2 heterocycles. The molecule has 2 aliphatic rings. The van der Waals surface area contributed by atoms with Crippen LogP contribution in [-0.2, 0) is 32.0 Å². The molecule has 2 aliphatic heterocycles. The minimum Gasteiger partial charge on any atom is -0.480 e. The van der Waals surface area contributed by atoms with E-state index in [1.807, 2.05) is 73.3 Å². The van der Waals surface area contributed by atoms with Crippen molar-refractivity contribution in [3.8, 4) is 0 Å². The summed E-state index contributed by atoms with van der Waals surface area (Å²) in [6.45, 7) is 5.68. The van der Waals surface area contributed by atoms with Gasteiger partial charge in [0.2, 0.25) is 16.9 Å². The molecule has 0 spiro atoms. The Morgan fingerprint density at radius 3 is 2.44 bits per heavy atom. The van der Waals surface area contributed by atoms with E-state index in [0.717, 1.165) is 41.5 Å². The first-order valence-corrected chi connectivity index (χ1v) is 14.6. The number of fused-ring (bicyclic) bond motifs is 3. The molecule has 9 heteroatoms. The minimum atomic E-state index is -1.03. The van der Waals surface area contributed by atoms with Crippen LogP contribution >= 0.6 is 11.8 Å². The number of hydrogen-bond donors (Lipinski definition) is 2. The Hall–Kier alpha value is -3.17. The molecule has 4 atom stereocenters. The second-order valence-electron chi connectivity index (χ2n) is 10.1. The Bertz CT molecular complexity index is 1190. The van der Waals surface area contributed by atoms with Crippen LogP contribution in [0.25, 0.3) is 0 Å². The molecule has 0 unspecified atom stereocenters. The van der Waals surface area contributed by atoms with Crippen molar-refractivity contribution in [1.29, 1.82) is 0 Å². The van der Waals surface area contributed by atoms with E-state index in [2.05, 4.69) is 5.32 Å². The maximum Gasteiger partial charge on any atom is 0.326 e. The van der Waals surface area contributed by atoms with Crippen LogP contribution in [0.3, 0.4) is 0 Å². The number of carbonyl (C=O) groups is 4. The number of thioether (sulfide) groups is 1. The average molecular weight is 552 g/mol. The van der Waals surface area contributed by atoms with Crippen LogP contribution in [0.2, 0.25) is 0 Å². The first kappa shape index (κ1) is 28.8. The van der Waals surface area contributed by atoms with E-state index < -0.39 is 29.2 Å². The normalized spacial score (nSPS) is 21.5. The van der Waals surface area contributed by atoms with Crippen molar-refractivity contribution in [1.82, 2.24) is 15.1 Å². The van der Waals surface area contributed by atoms with Gasteiger partial charge in [0.15, 0.2) is 0 Å². The molecule has 0 radical (unpaired) electrons. The number of nitrogens with one attached hydrogen (secondary N) is 1. The van der Waals surface area contributed by atoms with E-state index in [-0.39, 0.29) is 30.0 Å². The first-order chi connectivity index (χ1) is 18.8. The summed E-state index contributed by atoms with van der Waals surface area (Å²) in [7, 11) is 0. The van der Waals surface area contributed by atoms with Gasteiger partial charge in [-0.2, -0.15) is 0 Å². The predicted molar refractivity (Wildman–Crippen MR) is 151 cm³/mol. The topological polar surface area (TPSA) is 107 Å². The molecular formula is C30H37N3O5S. The molecule has 2 amide bonds. The third-order valence-electron chi connectivity index (χ3n) is 7.70. The van der Waals surface area contributed by atoms with Crippen molar-refractivity contribution in [3.05, 3.63) is 71.3 Å². The number of benzene rings is 2. The molecular weight excluding hydrogens is 514 g/mol. The third-order valence-corrected chi connectivity index (χ3v) is 8.75. The largest absolute Gasteiger partial charge is 0.480 e. The first-order valence-electron chi connectivity index (χ1n) is 13.7. The van der Waals surface area contributed by atoms with Crippen LogP contribution in [0.4, 0.5) is 0 Å². The van der Waals surface area contributed by atoms with Gasteiger partial charge in [0.1, 0.15) is 12.1 Å². The van der Waals surface area contributed by atoms with Crippen molar-refractivity contribution in [2.75, 3.05) is 19.6 Å². The van der Waals surface area contributed by atoms with Crippen LogP contribution < -0.4 is 5.32 Å². The highest BCUT2D eigenvalue weighted by molar-refractivity contribution is 8.14. The van der Waals surface area contributed by atoms with E-state index >= 15 is 0 Å². The lowest BCUT2D eigenvalue weighted by molar-refractivity contribution is -0.156. The molecule has 1 fully saturated rings. The molecule has 1 saturated heterocycles. The van der Waals surface area contributed by atoms with Crippen molar-refractivity contribution in [3.63, 3.8) is 0 Å². The van der Waals surface area contributed by atoms with Gasteiger partial charge in [-0.05, 0) is 55.5 Å². The van der Waals surface area contributed by atoms with Crippen molar-refractivity contribution in [2.45, 2.75) is 69.3 Å². The predicted octanol–water partition coefficient (Wildman–Crippen LogP) is 3.45. The molecule has 8 nitrogen and oxygen atoms in total. The van der Waals surface area contributed by atoms with E-state index in [4.69, 9.17) is 0 Å². The Labute approximate surface area is 234 Å². The molecule has 0 saturated carbocycles. The molecule has 2 N–H and O–H groups in total. The number of nitrogens with zero attached hydrogens (tertiary/aromatic N) is 2. The summed E-state index contributed by atoms with van der Waals surface area (Å²) >= 11 is 1.00. The fourth-order valence-electron chi connectivity index (χ4n) is 5.61. The summed E-state index contributed by atoms with van der Waals surface area (Å²) < 4.78 is 0. The van der Waals surface area contributed by atoms with Crippen molar-refractivity contribution in [2.24, 2.45) is 0 Å². The van der Waals surface area contributed by atoms with Crippen LogP contribution in [0.5, 0.6) is 0 Å². The Morgan fingerprint density at radius 2 is 1.74 bits per heavy atom. The number of carboxylic acids is 1. The fraction of sp³-hybridized carbons (Fsp3) is 0.467. The molecule has 0 bridgehead atoms. The van der Waals surface area contributed by atoms with Gasteiger partial charge in [0.25, 0.3) is 0 Å². The smallest absolute Gasteiger partial charge is 0.326 e. The standard InChI is InChI=1S/C30H37N3O5S/c1-3-32(4-2)19-27(34)39-26(17-20-11-6-5-7-12-20)28(35)31-23-18-21-13-8-9-14-22(21)24-15-10-16-25(30(37)38)33(24)29(23)36/h5-9,11-14,23-26H,3-4,10,15-19H2,1-2H3,(H,31,35)(H,37,38)/t23-,24+,25-,26-/m0/s1. The van der Waals surface area contributed by atoms with Crippen LogP contribution in [0.15, 0.2) is 54.6 Å². The number of amides is 2. The van der Waals surface area contributed by atoms with Crippen molar-refractivity contribution < 1.29 is 24.3 Å². The van der Waals surface area contributed by atoms with Gasteiger partial charge < -0.3 is 15.3 Å². The second-order valence-corrected chi connectivity index (χ2v) is 11.4. The van der Waals surface area contributed by atoms with Crippen LogP contribution in [-0.4, -0.2) is 74.8 Å². The zero-order valence-corrected chi connectivity index (χ0v) is 23.4. The number of likely N-dealkylation sites (N-methyl/N-ethyl adjacent to an activating group) is 1. The molecule has 0 aromatic heterocycles. The zero-order valence-electron chi connectivity index (χ0n) is 22.5. The summed E-state index contributed by atoms with van der Waals surface area (Å²) in [6.07, 6.45) is 2.38. The van der Waals surface area contributed by atoms with Crippen LogP contribution in [0, 0.1) is 0 Å². The lowest BCUT2D eigenvalue weighted by Crippen LogP contribution is -2.56. The molecule has 208 valence electrons. The maximum atomic E-state index is 13.9. The highest BCUT2D eigenvalue weighted by atomic mass is 32.2. The van der Waals surface area contributed by atoms with Gasteiger partial charge in [0.05, 0.1) is 17.8 Å². The van der Waals surface area contributed by atoms with E-state index in [1.165, 1.54) is 4.90 Å². The lowest BCUT2D eigenvalue weighted by Gasteiger charge is -2.40. The Balaban J connectivity index is 1.60. The van der Waals surface area contributed by atoms with Gasteiger partial charge in [-0.15, -0.1) is 0 Å². The number of rotatable bonds is 10. The number of carbonyl (C=O) groups excluding carboxylic acids is 3. The van der Waals surface area contributed by atoms with Gasteiger partial charge >= 0.3 is 5.97 Å². The lowest BCUT2D eigenvalue weighted by atomic mass is 9.89. The maximum absolute atomic E-state index is 13.9. The monoisotopic (exact) mass is 551 g/mol. The van der Waals surface area contributed by atoms with Crippen molar-refractivity contribution >= 4 is 34.7 Å². The SMILES string of the molecule is CCN(CC)CC(=O)S[C@@H](Cc1ccccc1)C(=O)N[C@H]1Cc2ccccc2[C@H]2CCC[C@@H](C(=O)O)N2C1=O. The van der Waals surface area contributed by atoms with E-state index in [0.29, 0.717) is 25.7 Å². The number of piperidine rings is 1. The Kier molecular flexibility index (Phi) is 9.80. The van der Waals surface area contributed by atoms with Crippen LogP contribution in [0.1, 0.15) is 55.8 Å². The summed E-state index contributed by atoms with van der Waals surface area (Å²) in [5.41, 5.74) is 2.79. The van der Waals surface area contributed by atoms with E-state index in [1.54, 1.807) is 0 Å². The minimum absolute atomic E-state index is 0.102. The third kappa shape index (κ3) is 6.89. The number of aliphatic carboxylic acids is 1. The van der Waals surface area contributed by atoms with Gasteiger partial charge in [-0.3, -0.25) is 19.3 Å². The fourth-order valence-corrected chi connectivity index (χ4v) is 6.63. The molecule has 2 aromatic rings. The molecule has 0 aliphatic carbocycles. The zero-order chi connectivity index (χ0) is 27.9. The quantitative estimate of drug-likeness (QED) is 0.466. The summed E-state index contributed by atoms with van der Waals surface area (Å²) in [6, 6.07) is 15.0. The average Bonchev–Trinajstić information content (AvgIpc) is 3.06. The number of hydrogen-bond acceptors (Lipinski definition) is 6. The molecule has 4 rings (SSSR count). The molecule has 2 aromatic carbocycles. The summed E-state index contributed by atoms with van der Waals surface area (Å²) in [4.78, 5) is 56.2.